The summed E-state index contributed by atoms with van der Waals surface area (Å²) >= 11 is 0. The van der Waals surface area contributed by atoms with Crippen LogP contribution in [-0.2, 0) is 9.53 Å². The first-order valence-electron chi connectivity index (χ1n) is 4.06. The minimum absolute atomic E-state index is 0.171. The van der Waals surface area contributed by atoms with Crippen molar-refractivity contribution >= 4 is 5.91 Å². The number of carbonyl (C=O) groups excluding carboxylic acids is 1. The molecule has 4 heteroatoms. The van der Waals surface area contributed by atoms with E-state index in [-0.39, 0.29) is 5.92 Å². The Kier molecular flexibility index (Phi) is 2.39. The van der Waals surface area contributed by atoms with Gasteiger partial charge >= 0.3 is 0 Å². The third-order valence-electron chi connectivity index (χ3n) is 2.28. The summed E-state index contributed by atoms with van der Waals surface area (Å²) in [5.74, 6) is -0.658. The number of aliphatic hydroxyl groups is 1. The molecule has 1 aliphatic rings. The number of rotatable bonds is 2. The van der Waals surface area contributed by atoms with Crippen LogP contribution >= 0.6 is 0 Å². The van der Waals surface area contributed by atoms with Crippen molar-refractivity contribution in [2.75, 3.05) is 6.61 Å². The molecule has 1 aliphatic heterocycles. The van der Waals surface area contributed by atoms with E-state index in [0.29, 0.717) is 13.0 Å². The van der Waals surface area contributed by atoms with Gasteiger partial charge in [-0.05, 0) is 20.3 Å². The first-order chi connectivity index (χ1) is 5.43. The second-order valence-electron chi connectivity index (χ2n) is 3.74. The van der Waals surface area contributed by atoms with Crippen molar-refractivity contribution in [1.29, 1.82) is 0 Å². The standard InChI is InChI=1S/C8H15NO3/c1-8(2,11)5-3-4-12-6(5)7(9)10/h5-6,11H,3-4H2,1-2H3,(H2,9,10). The third-order valence-corrected chi connectivity index (χ3v) is 2.28. The minimum Gasteiger partial charge on any atom is -0.390 e. The number of carbonyl (C=O) groups is 1. The molecular weight excluding hydrogens is 158 g/mol. The number of nitrogens with two attached hydrogens (primary N) is 1. The summed E-state index contributed by atoms with van der Waals surface area (Å²) in [6, 6.07) is 0. The van der Waals surface area contributed by atoms with Gasteiger partial charge in [-0.3, -0.25) is 4.79 Å². The van der Waals surface area contributed by atoms with Crippen molar-refractivity contribution in [3.63, 3.8) is 0 Å². The molecule has 1 fully saturated rings. The van der Waals surface area contributed by atoms with Crippen molar-refractivity contribution in [3.8, 4) is 0 Å². The summed E-state index contributed by atoms with van der Waals surface area (Å²) in [5.41, 5.74) is 4.22. The van der Waals surface area contributed by atoms with Crippen LogP contribution in [0.5, 0.6) is 0 Å². The Morgan fingerprint density at radius 3 is 2.58 bits per heavy atom. The van der Waals surface area contributed by atoms with Crippen LogP contribution in [-0.4, -0.2) is 29.3 Å². The van der Waals surface area contributed by atoms with Gasteiger partial charge < -0.3 is 15.6 Å². The molecule has 70 valence electrons. The van der Waals surface area contributed by atoms with E-state index in [2.05, 4.69) is 0 Å². The highest BCUT2D eigenvalue weighted by atomic mass is 16.5. The van der Waals surface area contributed by atoms with Crippen LogP contribution in [0.3, 0.4) is 0 Å². The predicted octanol–water partition coefficient (Wildman–Crippen LogP) is -0.352. The van der Waals surface area contributed by atoms with Gasteiger partial charge in [0.05, 0.1) is 5.60 Å². The van der Waals surface area contributed by atoms with Gasteiger partial charge in [0.25, 0.3) is 0 Å². The Balaban J connectivity index is 2.71. The predicted molar refractivity (Wildman–Crippen MR) is 43.3 cm³/mol. The van der Waals surface area contributed by atoms with E-state index < -0.39 is 17.6 Å². The number of hydrogen-bond donors (Lipinski definition) is 2. The summed E-state index contributed by atoms with van der Waals surface area (Å²) in [7, 11) is 0. The maximum atomic E-state index is 10.8. The molecule has 0 bridgehead atoms. The van der Waals surface area contributed by atoms with Gasteiger partial charge in [-0.15, -0.1) is 0 Å². The molecule has 0 saturated carbocycles. The van der Waals surface area contributed by atoms with Crippen LogP contribution in [0.1, 0.15) is 20.3 Å². The zero-order chi connectivity index (χ0) is 9.35. The Bertz CT molecular complexity index is 185. The van der Waals surface area contributed by atoms with Crippen LogP contribution in [0.4, 0.5) is 0 Å². The fourth-order valence-corrected chi connectivity index (χ4v) is 1.59. The molecule has 4 nitrogen and oxygen atoms in total. The number of hydrogen-bond acceptors (Lipinski definition) is 3. The smallest absolute Gasteiger partial charge is 0.246 e. The number of ether oxygens (including phenoxy) is 1. The van der Waals surface area contributed by atoms with Gasteiger partial charge in [0.2, 0.25) is 5.91 Å². The number of amides is 1. The Labute approximate surface area is 71.7 Å². The quantitative estimate of drug-likeness (QED) is 0.599. The lowest BCUT2D eigenvalue weighted by Gasteiger charge is -2.27. The second kappa shape index (κ2) is 3.03. The fraction of sp³-hybridized carbons (Fsp3) is 0.875. The third kappa shape index (κ3) is 1.76. The van der Waals surface area contributed by atoms with Gasteiger partial charge in [-0.25, -0.2) is 0 Å². The molecule has 0 aliphatic carbocycles. The maximum Gasteiger partial charge on any atom is 0.246 e. The normalized spacial score (nSPS) is 30.6. The lowest BCUT2D eigenvalue weighted by atomic mass is 9.85. The minimum atomic E-state index is -0.893. The van der Waals surface area contributed by atoms with Crippen molar-refractivity contribution in [2.45, 2.75) is 32.0 Å². The van der Waals surface area contributed by atoms with E-state index in [1.54, 1.807) is 13.8 Å². The van der Waals surface area contributed by atoms with Crippen LogP contribution in [0.25, 0.3) is 0 Å². The highest BCUT2D eigenvalue weighted by Crippen LogP contribution is 2.30. The van der Waals surface area contributed by atoms with E-state index in [0.717, 1.165) is 0 Å². The summed E-state index contributed by atoms with van der Waals surface area (Å²) in [4.78, 5) is 10.8. The van der Waals surface area contributed by atoms with Crippen LogP contribution < -0.4 is 5.73 Å². The SMILES string of the molecule is CC(C)(O)C1CCOC1C(N)=O. The summed E-state index contributed by atoms with van der Waals surface area (Å²) < 4.78 is 5.12. The van der Waals surface area contributed by atoms with E-state index in [9.17, 15) is 9.90 Å². The first-order valence-corrected chi connectivity index (χ1v) is 4.06. The van der Waals surface area contributed by atoms with E-state index in [1.807, 2.05) is 0 Å². The van der Waals surface area contributed by atoms with Crippen molar-refractivity contribution < 1.29 is 14.6 Å². The fourth-order valence-electron chi connectivity index (χ4n) is 1.59. The van der Waals surface area contributed by atoms with Crippen LogP contribution in [0, 0.1) is 5.92 Å². The zero-order valence-electron chi connectivity index (χ0n) is 7.41. The molecule has 3 N–H and O–H groups in total. The highest BCUT2D eigenvalue weighted by molar-refractivity contribution is 5.79. The molecule has 1 saturated heterocycles. The lowest BCUT2D eigenvalue weighted by molar-refractivity contribution is -0.132. The molecule has 0 aromatic heterocycles. The van der Waals surface area contributed by atoms with Crippen LogP contribution in [0.2, 0.25) is 0 Å². The maximum absolute atomic E-state index is 10.8. The molecule has 0 spiro atoms. The van der Waals surface area contributed by atoms with Gasteiger partial charge in [0.15, 0.2) is 0 Å². The topological polar surface area (TPSA) is 72.6 Å². The molecule has 12 heavy (non-hydrogen) atoms. The van der Waals surface area contributed by atoms with E-state index in [4.69, 9.17) is 10.5 Å². The Hall–Kier alpha value is -0.610. The molecule has 0 aromatic carbocycles. The average Bonchev–Trinajstić information content (AvgIpc) is 2.30. The number of primary amides is 1. The average molecular weight is 173 g/mol. The monoisotopic (exact) mass is 173 g/mol. The molecule has 0 aromatic rings. The highest BCUT2D eigenvalue weighted by Gasteiger charge is 2.41. The molecule has 0 radical (unpaired) electrons. The molecule has 1 amide bonds. The summed E-state index contributed by atoms with van der Waals surface area (Å²) in [6.45, 7) is 3.84. The van der Waals surface area contributed by atoms with Gasteiger partial charge in [0.1, 0.15) is 6.10 Å². The molecule has 1 rings (SSSR count). The van der Waals surface area contributed by atoms with Crippen molar-refractivity contribution in [2.24, 2.45) is 11.7 Å². The van der Waals surface area contributed by atoms with Crippen molar-refractivity contribution in [3.05, 3.63) is 0 Å². The van der Waals surface area contributed by atoms with E-state index in [1.165, 1.54) is 0 Å². The largest absolute Gasteiger partial charge is 0.390 e. The first kappa shape index (κ1) is 9.48. The van der Waals surface area contributed by atoms with E-state index >= 15 is 0 Å². The van der Waals surface area contributed by atoms with Crippen LogP contribution in [0.15, 0.2) is 0 Å². The lowest BCUT2D eigenvalue weighted by Crippen LogP contribution is -2.43. The van der Waals surface area contributed by atoms with Gasteiger partial charge in [-0.1, -0.05) is 0 Å². The molecule has 2 unspecified atom stereocenters. The van der Waals surface area contributed by atoms with Gasteiger partial charge in [0, 0.05) is 12.5 Å². The zero-order valence-corrected chi connectivity index (χ0v) is 7.41. The summed E-state index contributed by atoms with van der Waals surface area (Å²) in [5, 5.41) is 9.65. The molecule has 1 heterocycles. The van der Waals surface area contributed by atoms with Gasteiger partial charge in [-0.2, -0.15) is 0 Å². The molecular formula is C8H15NO3. The Morgan fingerprint density at radius 1 is 1.67 bits per heavy atom. The molecule has 2 atom stereocenters. The summed E-state index contributed by atoms with van der Waals surface area (Å²) in [6.07, 6.45) is 0.0712. The second-order valence-corrected chi connectivity index (χ2v) is 3.74. The van der Waals surface area contributed by atoms with Crippen molar-refractivity contribution in [1.82, 2.24) is 0 Å². The Morgan fingerprint density at radius 2 is 2.25 bits per heavy atom.